The lowest BCUT2D eigenvalue weighted by atomic mass is 10.1. The lowest BCUT2D eigenvalue weighted by molar-refractivity contribution is 0.0466. The number of piperazine rings is 1. The van der Waals surface area contributed by atoms with E-state index in [0.29, 0.717) is 18.0 Å². The third-order valence-electron chi connectivity index (χ3n) is 4.14. The molecular weight excluding hydrogens is 297 g/mol. The number of hydrogen-bond donors (Lipinski definition) is 0. The van der Waals surface area contributed by atoms with Crippen molar-refractivity contribution >= 4 is 5.91 Å². The lowest BCUT2D eigenvalue weighted by Gasteiger charge is -2.39. The first-order valence-corrected chi connectivity index (χ1v) is 7.74. The van der Waals surface area contributed by atoms with Crippen LogP contribution in [0.25, 0.3) is 0 Å². The summed E-state index contributed by atoms with van der Waals surface area (Å²) in [6, 6.07) is 8.32. The summed E-state index contributed by atoms with van der Waals surface area (Å²) < 4.78 is 17.9. The van der Waals surface area contributed by atoms with E-state index in [4.69, 9.17) is 4.52 Å². The van der Waals surface area contributed by atoms with Gasteiger partial charge in [-0.2, -0.15) is 0 Å². The minimum Gasteiger partial charge on any atom is -0.361 e. The average Bonchev–Trinajstić information content (AvgIpc) is 2.96. The minimum atomic E-state index is -0.222. The highest BCUT2D eigenvalue weighted by atomic mass is 19.1. The Morgan fingerprint density at radius 3 is 2.70 bits per heavy atom. The van der Waals surface area contributed by atoms with Crippen molar-refractivity contribution < 1.29 is 13.7 Å². The number of carbonyl (C=O) groups excluding carboxylic acids is 1. The second-order valence-corrected chi connectivity index (χ2v) is 6.03. The zero-order valence-electron chi connectivity index (χ0n) is 13.3. The number of hydrogen-bond acceptors (Lipinski definition) is 4. The van der Waals surface area contributed by atoms with E-state index in [1.54, 1.807) is 25.1 Å². The molecule has 6 heteroatoms. The quantitative estimate of drug-likeness (QED) is 0.872. The first kappa shape index (κ1) is 15.7. The second kappa shape index (κ2) is 6.50. The standard InChI is InChI=1S/C17H20FN3O2/c1-12-10-20(11-14-3-5-15(18)6-4-14)7-8-21(12)17(22)16-9-13(2)23-19-16/h3-6,9,12H,7-8,10-11H2,1-2H3/t12-/m0/s1. The highest BCUT2D eigenvalue weighted by Crippen LogP contribution is 2.16. The van der Waals surface area contributed by atoms with Crippen molar-refractivity contribution in [2.45, 2.75) is 26.4 Å². The van der Waals surface area contributed by atoms with Crippen LogP contribution in [-0.4, -0.2) is 46.5 Å². The van der Waals surface area contributed by atoms with Gasteiger partial charge in [0.05, 0.1) is 0 Å². The first-order chi connectivity index (χ1) is 11.0. The number of amides is 1. The summed E-state index contributed by atoms with van der Waals surface area (Å²) >= 11 is 0. The molecule has 1 aliphatic heterocycles. The summed E-state index contributed by atoms with van der Waals surface area (Å²) in [7, 11) is 0. The molecule has 0 saturated carbocycles. The molecule has 1 aliphatic rings. The third-order valence-corrected chi connectivity index (χ3v) is 4.14. The molecular formula is C17H20FN3O2. The van der Waals surface area contributed by atoms with Gasteiger partial charge in [-0.1, -0.05) is 17.3 Å². The van der Waals surface area contributed by atoms with Crippen molar-refractivity contribution in [3.8, 4) is 0 Å². The Balaban J connectivity index is 1.60. The predicted molar refractivity (Wildman–Crippen MR) is 83.4 cm³/mol. The van der Waals surface area contributed by atoms with Gasteiger partial charge in [0.25, 0.3) is 5.91 Å². The molecule has 0 unspecified atom stereocenters. The molecule has 5 nitrogen and oxygen atoms in total. The highest BCUT2D eigenvalue weighted by molar-refractivity contribution is 5.92. The zero-order chi connectivity index (χ0) is 16.4. The molecule has 0 radical (unpaired) electrons. The van der Waals surface area contributed by atoms with Gasteiger partial charge in [-0.3, -0.25) is 9.69 Å². The average molecular weight is 317 g/mol. The monoisotopic (exact) mass is 317 g/mol. The van der Waals surface area contributed by atoms with Gasteiger partial charge in [-0.05, 0) is 31.5 Å². The lowest BCUT2D eigenvalue weighted by Crippen LogP contribution is -2.53. The van der Waals surface area contributed by atoms with Crippen LogP contribution in [0, 0.1) is 12.7 Å². The number of nitrogens with zero attached hydrogens (tertiary/aromatic N) is 3. The van der Waals surface area contributed by atoms with E-state index in [-0.39, 0.29) is 17.8 Å². The summed E-state index contributed by atoms with van der Waals surface area (Å²) in [4.78, 5) is 16.6. The molecule has 1 atom stereocenters. The second-order valence-electron chi connectivity index (χ2n) is 6.03. The van der Waals surface area contributed by atoms with Gasteiger partial charge in [-0.25, -0.2) is 4.39 Å². The van der Waals surface area contributed by atoms with Gasteiger partial charge in [0.15, 0.2) is 5.69 Å². The number of benzene rings is 1. The predicted octanol–water partition coefficient (Wildman–Crippen LogP) is 2.47. The number of carbonyl (C=O) groups is 1. The van der Waals surface area contributed by atoms with Crippen molar-refractivity contribution in [3.63, 3.8) is 0 Å². The van der Waals surface area contributed by atoms with Crippen LogP contribution in [0.3, 0.4) is 0 Å². The van der Waals surface area contributed by atoms with E-state index >= 15 is 0 Å². The molecule has 1 amide bonds. The molecule has 2 aromatic rings. The minimum absolute atomic E-state index is 0.0872. The van der Waals surface area contributed by atoms with E-state index in [9.17, 15) is 9.18 Å². The van der Waals surface area contributed by atoms with Gasteiger partial charge >= 0.3 is 0 Å². The van der Waals surface area contributed by atoms with Gasteiger partial charge in [0.1, 0.15) is 11.6 Å². The van der Waals surface area contributed by atoms with Crippen LogP contribution in [0.2, 0.25) is 0 Å². The maximum absolute atomic E-state index is 13.0. The van der Waals surface area contributed by atoms with Crippen molar-refractivity contribution in [2.75, 3.05) is 19.6 Å². The Bertz CT molecular complexity index is 683. The molecule has 2 heterocycles. The molecule has 3 rings (SSSR count). The van der Waals surface area contributed by atoms with Crippen LogP contribution < -0.4 is 0 Å². The van der Waals surface area contributed by atoms with Crippen LogP contribution in [-0.2, 0) is 6.54 Å². The SMILES string of the molecule is Cc1cc(C(=O)N2CCN(Cc3ccc(F)cc3)C[C@@H]2C)no1. The summed E-state index contributed by atoms with van der Waals surface area (Å²) in [6.45, 7) is 6.77. The number of aryl methyl sites for hydroxylation is 1. The van der Waals surface area contributed by atoms with Crippen LogP contribution in [0.5, 0.6) is 0 Å². The van der Waals surface area contributed by atoms with Crippen LogP contribution in [0.15, 0.2) is 34.9 Å². The zero-order valence-corrected chi connectivity index (χ0v) is 13.3. The van der Waals surface area contributed by atoms with E-state index < -0.39 is 0 Å². The Hall–Kier alpha value is -2.21. The molecule has 0 bridgehead atoms. The Labute approximate surface area is 134 Å². The molecule has 0 aliphatic carbocycles. The van der Waals surface area contributed by atoms with Gasteiger partial charge in [-0.15, -0.1) is 0 Å². The smallest absolute Gasteiger partial charge is 0.276 e. The Kier molecular flexibility index (Phi) is 4.43. The van der Waals surface area contributed by atoms with Gasteiger partial charge in [0, 0.05) is 38.3 Å². The van der Waals surface area contributed by atoms with E-state index in [2.05, 4.69) is 10.1 Å². The largest absolute Gasteiger partial charge is 0.361 e. The van der Waals surface area contributed by atoms with Crippen molar-refractivity contribution in [1.29, 1.82) is 0 Å². The molecule has 122 valence electrons. The number of aromatic nitrogens is 1. The summed E-state index contributed by atoms with van der Waals surface area (Å²) in [5.41, 5.74) is 1.44. The summed E-state index contributed by atoms with van der Waals surface area (Å²) in [5.74, 6) is 0.326. The van der Waals surface area contributed by atoms with Crippen molar-refractivity contribution in [3.05, 3.63) is 53.2 Å². The van der Waals surface area contributed by atoms with E-state index in [1.807, 2.05) is 11.8 Å². The van der Waals surface area contributed by atoms with Crippen molar-refractivity contribution in [1.82, 2.24) is 15.0 Å². The maximum atomic E-state index is 13.0. The first-order valence-electron chi connectivity index (χ1n) is 7.74. The molecule has 0 spiro atoms. The molecule has 1 saturated heterocycles. The van der Waals surface area contributed by atoms with Crippen LogP contribution in [0.1, 0.15) is 28.7 Å². The molecule has 0 N–H and O–H groups in total. The fraction of sp³-hybridized carbons (Fsp3) is 0.412. The Morgan fingerprint density at radius 1 is 1.35 bits per heavy atom. The van der Waals surface area contributed by atoms with Crippen molar-refractivity contribution in [2.24, 2.45) is 0 Å². The molecule has 1 fully saturated rings. The highest BCUT2D eigenvalue weighted by Gasteiger charge is 2.29. The van der Waals surface area contributed by atoms with Gasteiger partial charge in [0.2, 0.25) is 0 Å². The number of rotatable bonds is 3. The molecule has 1 aromatic carbocycles. The van der Waals surface area contributed by atoms with E-state index in [0.717, 1.165) is 25.2 Å². The topological polar surface area (TPSA) is 49.6 Å². The summed E-state index contributed by atoms with van der Waals surface area (Å²) in [6.07, 6.45) is 0. The maximum Gasteiger partial charge on any atom is 0.276 e. The third kappa shape index (κ3) is 3.59. The Morgan fingerprint density at radius 2 is 2.09 bits per heavy atom. The normalized spacial score (nSPS) is 19.1. The number of halogens is 1. The van der Waals surface area contributed by atoms with E-state index in [1.165, 1.54) is 12.1 Å². The van der Waals surface area contributed by atoms with Crippen LogP contribution >= 0.6 is 0 Å². The molecule has 23 heavy (non-hydrogen) atoms. The fourth-order valence-corrected chi connectivity index (χ4v) is 2.94. The fourth-order valence-electron chi connectivity index (χ4n) is 2.94. The molecule has 1 aromatic heterocycles. The van der Waals surface area contributed by atoms with Gasteiger partial charge < -0.3 is 9.42 Å². The summed E-state index contributed by atoms with van der Waals surface area (Å²) in [5, 5.41) is 3.81. The van der Waals surface area contributed by atoms with Crippen LogP contribution in [0.4, 0.5) is 4.39 Å².